The molecule has 16 nitrogen and oxygen atoms in total. The van der Waals surface area contributed by atoms with Crippen molar-refractivity contribution in [1.82, 2.24) is 49.3 Å². The maximum Gasteiger partial charge on any atom is 0.410 e. The molecule has 2 unspecified atom stereocenters. The second-order valence-corrected chi connectivity index (χ2v) is 15.7. The largest absolute Gasteiger partial charge is 0.444 e. The summed E-state index contributed by atoms with van der Waals surface area (Å²) in [4.78, 5) is 46.6. The highest BCUT2D eigenvalue weighted by Gasteiger charge is 2.34. The predicted molar refractivity (Wildman–Crippen MR) is 206 cm³/mol. The molecule has 2 atom stereocenters. The maximum atomic E-state index is 12.4. The zero-order chi connectivity index (χ0) is 37.6. The van der Waals surface area contributed by atoms with E-state index < -0.39 is 11.2 Å². The van der Waals surface area contributed by atoms with Gasteiger partial charge in [-0.15, -0.1) is 11.6 Å². The van der Waals surface area contributed by atoms with Crippen LogP contribution in [-0.4, -0.2) is 123 Å². The van der Waals surface area contributed by atoms with Gasteiger partial charge >= 0.3 is 12.2 Å². The number of alkyl halides is 1. The fourth-order valence-electron chi connectivity index (χ4n) is 6.29. The van der Waals surface area contributed by atoms with Gasteiger partial charge in [-0.2, -0.15) is 10.2 Å². The van der Waals surface area contributed by atoms with Gasteiger partial charge in [0.15, 0.2) is 11.0 Å². The summed E-state index contributed by atoms with van der Waals surface area (Å²) in [7, 11) is 0. The summed E-state index contributed by atoms with van der Waals surface area (Å²) in [5.74, 6) is 1.41. The van der Waals surface area contributed by atoms with E-state index in [1.807, 2.05) is 51.1 Å². The van der Waals surface area contributed by atoms with Crippen LogP contribution in [0, 0.1) is 0 Å². The molecule has 3 aliphatic rings. The first-order chi connectivity index (χ1) is 24.6. The minimum atomic E-state index is -0.472. The van der Waals surface area contributed by atoms with Crippen LogP contribution in [0.3, 0.4) is 0 Å². The van der Waals surface area contributed by atoms with Crippen LogP contribution in [0.25, 0.3) is 22.1 Å². The third kappa shape index (κ3) is 11.0. The number of carbonyl (C=O) groups is 2. The number of nitrogens with two attached hydrogens (primary N) is 1. The molecule has 2 fully saturated rings. The number of fused-ring (bicyclic) bond motifs is 1. The molecule has 292 valence electrons. The van der Waals surface area contributed by atoms with E-state index in [1.54, 1.807) is 28.3 Å². The molecule has 2 saturated heterocycles. The number of ether oxygens (including phenoxy) is 2. The van der Waals surface area contributed by atoms with Gasteiger partial charge in [-0.25, -0.2) is 29.5 Å². The molecule has 18 heteroatoms. The number of halogens is 2. The van der Waals surface area contributed by atoms with Gasteiger partial charge in [-0.1, -0.05) is 19.0 Å². The topological polar surface area (TPSA) is 176 Å². The Morgan fingerprint density at radius 3 is 2.02 bits per heavy atom. The molecule has 0 radical (unpaired) electrons. The Hall–Kier alpha value is -4.02. The highest BCUT2D eigenvalue weighted by molar-refractivity contribution is 6.33. The van der Waals surface area contributed by atoms with Gasteiger partial charge in [0, 0.05) is 50.7 Å². The summed E-state index contributed by atoms with van der Waals surface area (Å²) in [6.45, 7) is 16.4. The second kappa shape index (κ2) is 17.9. The Balaban J connectivity index is 0.000000191. The van der Waals surface area contributed by atoms with Gasteiger partial charge in [0.25, 0.3) is 0 Å². The van der Waals surface area contributed by atoms with E-state index in [1.165, 1.54) is 6.33 Å². The number of likely N-dealkylation sites (tertiary alicyclic amines) is 2. The van der Waals surface area contributed by atoms with Crippen LogP contribution in [0.2, 0.25) is 5.15 Å². The lowest BCUT2D eigenvalue weighted by Crippen LogP contribution is -2.52. The van der Waals surface area contributed by atoms with Crippen molar-refractivity contribution in [3.05, 3.63) is 30.2 Å². The summed E-state index contributed by atoms with van der Waals surface area (Å²) < 4.78 is 14.5. The third-order valence-electron chi connectivity index (χ3n) is 8.51. The lowest BCUT2D eigenvalue weighted by Gasteiger charge is -2.41. The molecule has 0 spiro atoms. The molecule has 53 heavy (non-hydrogen) atoms. The minimum Gasteiger partial charge on any atom is -0.444 e. The smallest absolute Gasteiger partial charge is 0.410 e. The number of aromatic nitrogens is 8. The average Bonchev–Trinajstić information content (AvgIpc) is 3.70. The van der Waals surface area contributed by atoms with Gasteiger partial charge in [0.05, 0.1) is 25.5 Å². The molecule has 7 heterocycles. The van der Waals surface area contributed by atoms with Crippen LogP contribution in [0.4, 0.5) is 15.4 Å². The standard InChI is InChI=1S/C17H24N6O2.C10H20N2O2.C7H6Cl2N4.CH4/c1-17(2,3)25-16(24)21-6-4-5-12(10-21)22-7-8-23-14-13(9-20-23)18-11-19-15(14)22;1-10(2,3)14-9(13)12-6-4-5-8(11)7-12;8-1-2-13-6-5(3-12-13)10-4-11-7(6)9;/h9,11-12H,4-8,10H2,1-3H3;8H,4-7,11H2,1-3H3;3-4H,1-2H2;1H4. The monoisotopic (exact) mass is 776 g/mol. The molecule has 0 saturated carbocycles. The lowest BCUT2D eigenvalue weighted by molar-refractivity contribution is 0.0189. The van der Waals surface area contributed by atoms with E-state index in [2.05, 4.69) is 35.0 Å². The number of aryl methyl sites for hydroxylation is 1. The number of piperidine rings is 2. The van der Waals surface area contributed by atoms with Crippen molar-refractivity contribution in [2.45, 2.75) is 111 Å². The maximum absolute atomic E-state index is 12.4. The molecule has 2 N–H and O–H groups in total. The number of amides is 2. The van der Waals surface area contributed by atoms with Gasteiger partial charge in [-0.05, 0) is 67.2 Å². The predicted octanol–water partition coefficient (Wildman–Crippen LogP) is 5.75. The highest BCUT2D eigenvalue weighted by Crippen LogP contribution is 2.31. The Morgan fingerprint density at radius 1 is 0.811 bits per heavy atom. The van der Waals surface area contributed by atoms with E-state index >= 15 is 0 Å². The number of hydrogen-bond donors (Lipinski definition) is 1. The van der Waals surface area contributed by atoms with Crippen molar-refractivity contribution in [3.63, 3.8) is 0 Å². The molecular formula is C35H54Cl2N12O4. The van der Waals surface area contributed by atoms with E-state index in [0.717, 1.165) is 79.7 Å². The van der Waals surface area contributed by atoms with E-state index in [9.17, 15) is 9.59 Å². The summed E-state index contributed by atoms with van der Waals surface area (Å²) in [6.07, 6.45) is 9.95. The molecule has 4 aromatic rings. The first kappa shape index (κ1) is 41.7. The van der Waals surface area contributed by atoms with Crippen LogP contribution in [0.1, 0.15) is 74.7 Å². The molecular weight excluding hydrogens is 723 g/mol. The molecule has 0 aromatic carbocycles. The quantitative estimate of drug-likeness (QED) is 0.198. The van der Waals surface area contributed by atoms with E-state index in [-0.39, 0.29) is 31.7 Å². The van der Waals surface area contributed by atoms with Gasteiger partial charge < -0.3 is 29.9 Å². The van der Waals surface area contributed by atoms with Gasteiger partial charge in [0.2, 0.25) is 0 Å². The van der Waals surface area contributed by atoms with Crippen molar-refractivity contribution >= 4 is 63.3 Å². The number of hydrogen-bond acceptors (Lipinski definition) is 12. The minimum absolute atomic E-state index is 0. The van der Waals surface area contributed by atoms with Crippen molar-refractivity contribution in [3.8, 4) is 0 Å². The van der Waals surface area contributed by atoms with Gasteiger partial charge in [-0.3, -0.25) is 9.36 Å². The number of anilines is 1. The molecule has 7 rings (SSSR count). The molecule has 3 aliphatic heterocycles. The van der Waals surface area contributed by atoms with Crippen molar-refractivity contribution in [2.24, 2.45) is 5.73 Å². The first-order valence-electron chi connectivity index (χ1n) is 17.7. The van der Waals surface area contributed by atoms with Crippen LogP contribution < -0.4 is 10.6 Å². The summed E-state index contributed by atoms with van der Waals surface area (Å²) in [6, 6.07) is 0.347. The summed E-state index contributed by atoms with van der Waals surface area (Å²) >= 11 is 11.5. The van der Waals surface area contributed by atoms with Crippen molar-refractivity contribution in [1.29, 1.82) is 0 Å². The summed E-state index contributed by atoms with van der Waals surface area (Å²) in [5.41, 5.74) is 8.23. The number of nitrogens with zero attached hydrogens (tertiary/aromatic N) is 11. The van der Waals surface area contributed by atoms with Crippen LogP contribution in [0.15, 0.2) is 25.0 Å². The fourth-order valence-corrected chi connectivity index (χ4v) is 6.69. The zero-order valence-electron chi connectivity index (χ0n) is 30.8. The Labute approximate surface area is 321 Å². The van der Waals surface area contributed by atoms with Crippen LogP contribution in [-0.2, 0) is 22.6 Å². The number of carbonyl (C=O) groups excluding carboxylic acids is 2. The lowest BCUT2D eigenvalue weighted by atomic mass is 10.0. The van der Waals surface area contributed by atoms with Crippen LogP contribution >= 0.6 is 23.2 Å². The zero-order valence-corrected chi connectivity index (χ0v) is 32.3. The number of rotatable bonds is 3. The van der Waals surface area contributed by atoms with E-state index in [0.29, 0.717) is 30.7 Å². The molecule has 0 bridgehead atoms. The summed E-state index contributed by atoms with van der Waals surface area (Å²) in [5, 5.41) is 8.89. The normalized spacial score (nSPS) is 18.7. The highest BCUT2D eigenvalue weighted by atomic mass is 35.5. The van der Waals surface area contributed by atoms with Crippen molar-refractivity contribution < 1.29 is 19.1 Å². The van der Waals surface area contributed by atoms with Crippen molar-refractivity contribution in [2.75, 3.05) is 43.5 Å². The Morgan fingerprint density at radius 2 is 1.40 bits per heavy atom. The second-order valence-electron chi connectivity index (χ2n) is 15.0. The Bertz CT molecular complexity index is 1820. The third-order valence-corrected chi connectivity index (χ3v) is 8.96. The fraction of sp³-hybridized carbons (Fsp3) is 0.657. The molecule has 0 aliphatic carbocycles. The van der Waals surface area contributed by atoms with Gasteiger partial charge in [0.1, 0.15) is 45.9 Å². The average molecular weight is 778 g/mol. The van der Waals surface area contributed by atoms with E-state index in [4.69, 9.17) is 38.4 Å². The molecule has 2 amide bonds. The first-order valence-corrected chi connectivity index (χ1v) is 18.6. The SMILES string of the molecule is C.CC(C)(C)OC(=O)N1CCCC(N)C1.CC(C)(C)OC(=O)N1CCCC(N2CCn3ncc4ncnc2c43)C1.ClCCn1ncc2ncnc(Cl)c21. The van der Waals surface area contributed by atoms with Crippen LogP contribution in [0.5, 0.6) is 0 Å². The molecule has 4 aromatic heterocycles. The Kier molecular flexibility index (Phi) is 14.1.